The van der Waals surface area contributed by atoms with E-state index >= 15 is 0 Å². The van der Waals surface area contributed by atoms with Gasteiger partial charge in [0.05, 0.1) is 44.1 Å². The molecule has 4 nitrogen and oxygen atoms in total. The Bertz CT molecular complexity index is 5160. The third kappa shape index (κ3) is 7.93. The lowest BCUT2D eigenvalue weighted by molar-refractivity contribution is 0.521. The van der Waals surface area contributed by atoms with Crippen molar-refractivity contribution in [3.05, 3.63) is 338 Å². The van der Waals surface area contributed by atoms with Gasteiger partial charge in [-0.15, -0.1) is 0 Å². The molecular weight excluding hydrogens is 1140 g/mol. The molecule has 0 saturated carbocycles. The molecule has 444 valence electrons. The van der Waals surface area contributed by atoms with Crippen molar-refractivity contribution in [3.8, 4) is 67.3 Å². The molecule has 94 heavy (non-hydrogen) atoms. The quantitative estimate of drug-likeness (QED) is 0.144. The van der Waals surface area contributed by atoms with Crippen molar-refractivity contribution in [2.45, 2.75) is 38.5 Å². The number of aromatic nitrogens is 4. The summed E-state index contributed by atoms with van der Waals surface area (Å²) in [5.41, 5.74) is 28.3. The minimum atomic E-state index is -0.409. The molecule has 0 amide bonds. The van der Waals surface area contributed by atoms with E-state index in [0.29, 0.717) is 0 Å². The molecule has 18 aromatic rings. The van der Waals surface area contributed by atoms with E-state index in [1.807, 2.05) is 0 Å². The predicted octanol–water partition coefficient (Wildman–Crippen LogP) is 23.7. The van der Waals surface area contributed by atoms with Crippen molar-refractivity contribution in [2.24, 2.45) is 0 Å². The van der Waals surface area contributed by atoms with E-state index in [2.05, 4.69) is 361 Å². The second kappa shape index (κ2) is 20.4. The van der Waals surface area contributed by atoms with Crippen LogP contribution < -0.4 is 0 Å². The third-order valence-corrected chi connectivity index (χ3v) is 21.1. The van der Waals surface area contributed by atoms with E-state index in [-0.39, 0.29) is 0 Å². The zero-order valence-electron chi connectivity index (χ0n) is 52.8. The van der Waals surface area contributed by atoms with Crippen LogP contribution in [0.5, 0.6) is 0 Å². The summed E-state index contributed by atoms with van der Waals surface area (Å²) in [6.45, 7) is 9.85. The Hall–Kier alpha value is -11.7. The van der Waals surface area contributed by atoms with Gasteiger partial charge in [-0.3, -0.25) is 0 Å². The lowest BCUT2D eigenvalue weighted by Gasteiger charge is -2.45. The zero-order valence-corrected chi connectivity index (χ0v) is 52.8. The maximum absolute atomic E-state index is 2.56. The summed E-state index contributed by atoms with van der Waals surface area (Å²) >= 11 is 0. The van der Waals surface area contributed by atoms with Crippen molar-refractivity contribution in [1.29, 1.82) is 0 Å². The lowest BCUT2D eigenvalue weighted by atomic mass is 9.58. The molecule has 0 spiro atoms. The molecule has 0 N–H and O–H groups in total. The zero-order chi connectivity index (χ0) is 62.6. The number of rotatable bonds is 8. The molecule has 0 fully saturated rings. The maximum Gasteiger partial charge on any atom is 0.0541 e. The SMILES string of the molecule is CC1(C)c2cc(-c3ccc(-n4c5ccccc5c5ccccc54)cc3)c(-c3ccc(-n4c5ccccc5c5ccccc54)cc3)cc2C(C)(C)c2cc(-c3ccc(-n4c5ccccc5c5ccccc54)cc3)c(-c3ccc(-n4c5ccccc5c5ccccc54)cc3)cc21. The van der Waals surface area contributed by atoms with Gasteiger partial charge in [-0.25, -0.2) is 0 Å². The first-order valence-corrected chi connectivity index (χ1v) is 32.9. The van der Waals surface area contributed by atoms with Gasteiger partial charge in [-0.05, 0) is 188 Å². The van der Waals surface area contributed by atoms with Gasteiger partial charge in [0, 0.05) is 76.7 Å². The van der Waals surface area contributed by atoms with E-state index in [0.717, 1.165) is 22.7 Å². The second-order valence-electron chi connectivity index (χ2n) is 26.8. The van der Waals surface area contributed by atoms with Crippen LogP contribution in [0.2, 0.25) is 0 Å². The van der Waals surface area contributed by atoms with Gasteiger partial charge >= 0.3 is 0 Å². The van der Waals surface area contributed by atoms with Crippen LogP contribution in [-0.4, -0.2) is 18.3 Å². The Kier molecular flexibility index (Phi) is 11.7. The number of fused-ring (bicyclic) bond motifs is 14. The fraction of sp³-hybridized carbons (Fsp3) is 0.0667. The molecule has 1 aliphatic rings. The summed E-state index contributed by atoms with van der Waals surface area (Å²) in [6.07, 6.45) is 0. The Morgan fingerprint density at radius 3 is 0.489 bits per heavy atom. The summed E-state index contributed by atoms with van der Waals surface area (Å²) < 4.78 is 9.68. The van der Waals surface area contributed by atoms with Crippen LogP contribution in [0.25, 0.3) is 154 Å². The standard InChI is InChI=1S/C90H64N4/c1-89(2)77-53-73(57-37-45-61(46-38-57)91-81-29-13-5-21-65(81)66-22-6-14-30-82(66)91)75(59-41-49-63(50-42-59)93-85-33-17-9-25-69(85)70-26-10-18-34-86(70)93)55-79(77)90(3,4)80-56-76(60-43-51-64(52-44-60)94-87-35-19-11-27-71(87)72-28-12-20-36-88(72)94)74(54-78(80)89)58-39-47-62(48-40-58)92-83-31-15-7-23-67(83)68-24-8-16-32-84(68)92/h5-56H,1-4H3. The van der Waals surface area contributed by atoms with Crippen molar-refractivity contribution in [1.82, 2.24) is 18.3 Å². The van der Waals surface area contributed by atoms with E-state index in [1.165, 1.54) is 154 Å². The van der Waals surface area contributed by atoms with E-state index < -0.39 is 10.8 Å². The molecule has 14 aromatic carbocycles. The first-order chi connectivity index (χ1) is 46.2. The first-order valence-electron chi connectivity index (χ1n) is 32.9. The van der Waals surface area contributed by atoms with Crippen molar-refractivity contribution >= 4 is 87.2 Å². The highest BCUT2D eigenvalue weighted by Crippen LogP contribution is 2.55. The fourth-order valence-corrected chi connectivity index (χ4v) is 16.5. The Morgan fingerprint density at radius 2 is 0.330 bits per heavy atom. The highest BCUT2D eigenvalue weighted by molar-refractivity contribution is 6.12. The van der Waals surface area contributed by atoms with Crippen LogP contribution >= 0.6 is 0 Å². The minimum absolute atomic E-state index is 0.409. The van der Waals surface area contributed by atoms with E-state index in [9.17, 15) is 0 Å². The highest BCUT2D eigenvalue weighted by atomic mass is 15.0. The fourth-order valence-electron chi connectivity index (χ4n) is 16.5. The second-order valence-corrected chi connectivity index (χ2v) is 26.8. The summed E-state index contributed by atoms with van der Waals surface area (Å²) in [6, 6.07) is 118. The molecule has 0 radical (unpaired) electrons. The average Bonchev–Trinajstić information content (AvgIpc) is 1.01. The molecule has 4 aromatic heterocycles. The van der Waals surface area contributed by atoms with Crippen LogP contribution in [0.1, 0.15) is 49.9 Å². The monoisotopic (exact) mass is 1200 g/mol. The van der Waals surface area contributed by atoms with Crippen molar-refractivity contribution in [2.75, 3.05) is 0 Å². The number of nitrogens with zero attached hydrogens (tertiary/aromatic N) is 4. The summed E-state index contributed by atoms with van der Waals surface area (Å²) in [5, 5.41) is 10.1. The van der Waals surface area contributed by atoms with Crippen LogP contribution in [0.15, 0.2) is 315 Å². The first kappa shape index (κ1) is 54.1. The van der Waals surface area contributed by atoms with Crippen molar-refractivity contribution < 1.29 is 0 Å². The third-order valence-electron chi connectivity index (χ3n) is 21.1. The smallest absolute Gasteiger partial charge is 0.0541 e. The van der Waals surface area contributed by atoms with Gasteiger partial charge < -0.3 is 18.3 Å². The summed E-state index contributed by atoms with van der Waals surface area (Å²) in [4.78, 5) is 0. The normalized spacial score (nSPS) is 13.5. The number of benzene rings is 14. The Labute approximate surface area is 545 Å². The molecule has 0 bridgehead atoms. The number of para-hydroxylation sites is 8. The van der Waals surface area contributed by atoms with E-state index in [1.54, 1.807) is 0 Å². The van der Waals surface area contributed by atoms with Gasteiger partial charge in [-0.2, -0.15) is 0 Å². The van der Waals surface area contributed by atoms with E-state index in [4.69, 9.17) is 0 Å². The summed E-state index contributed by atoms with van der Waals surface area (Å²) in [5.74, 6) is 0. The largest absolute Gasteiger partial charge is 0.309 e. The number of hydrogen-bond donors (Lipinski definition) is 0. The predicted molar refractivity (Wildman–Crippen MR) is 396 cm³/mol. The molecule has 1 aliphatic carbocycles. The molecular formula is C90H64N4. The maximum atomic E-state index is 2.56. The summed E-state index contributed by atoms with van der Waals surface area (Å²) in [7, 11) is 0. The highest BCUT2D eigenvalue weighted by Gasteiger charge is 2.43. The van der Waals surface area contributed by atoms with Crippen molar-refractivity contribution in [3.63, 3.8) is 0 Å². The molecule has 4 heterocycles. The molecule has 19 rings (SSSR count). The topological polar surface area (TPSA) is 19.7 Å². The molecule has 4 heteroatoms. The van der Waals surface area contributed by atoms with Gasteiger partial charge in [0.25, 0.3) is 0 Å². The lowest BCUT2D eigenvalue weighted by Crippen LogP contribution is -2.37. The molecule has 0 atom stereocenters. The van der Waals surface area contributed by atoms with Gasteiger partial charge in [-0.1, -0.05) is 222 Å². The molecule has 0 unspecified atom stereocenters. The van der Waals surface area contributed by atoms with Gasteiger partial charge in [0.1, 0.15) is 0 Å². The van der Waals surface area contributed by atoms with Crippen LogP contribution in [0.4, 0.5) is 0 Å². The average molecular weight is 1200 g/mol. The van der Waals surface area contributed by atoms with Gasteiger partial charge in [0.2, 0.25) is 0 Å². The number of hydrogen-bond acceptors (Lipinski definition) is 0. The van der Waals surface area contributed by atoms with Gasteiger partial charge in [0.15, 0.2) is 0 Å². The molecule has 0 aliphatic heterocycles. The van der Waals surface area contributed by atoms with Crippen LogP contribution in [-0.2, 0) is 10.8 Å². The van der Waals surface area contributed by atoms with Crippen LogP contribution in [0, 0.1) is 0 Å². The van der Waals surface area contributed by atoms with Crippen LogP contribution in [0.3, 0.4) is 0 Å². The Balaban J connectivity index is 0.796. The molecule has 0 saturated heterocycles. The Morgan fingerprint density at radius 1 is 0.181 bits per heavy atom. The minimum Gasteiger partial charge on any atom is -0.309 e.